The van der Waals surface area contributed by atoms with Crippen LogP contribution in [0.3, 0.4) is 0 Å². The number of ether oxygens (including phenoxy) is 1. The van der Waals surface area contributed by atoms with Crippen LogP contribution in [0.2, 0.25) is 0 Å². The molecule has 0 atom stereocenters. The molecule has 0 amide bonds. The summed E-state index contributed by atoms with van der Waals surface area (Å²) in [5.41, 5.74) is 0. The van der Waals surface area contributed by atoms with Crippen LogP contribution in [0.15, 0.2) is 12.3 Å². The van der Waals surface area contributed by atoms with Crippen molar-refractivity contribution in [1.29, 1.82) is 0 Å². The topological polar surface area (TPSA) is 26.3 Å². The molecule has 0 aliphatic carbocycles. The van der Waals surface area contributed by atoms with Crippen molar-refractivity contribution in [2.45, 2.75) is 6.92 Å². The van der Waals surface area contributed by atoms with Crippen LogP contribution in [0.1, 0.15) is 6.92 Å². The number of esters is 1. The maximum Gasteiger partial charge on any atom is 0.320 e. The lowest BCUT2D eigenvalue weighted by molar-refractivity contribution is -0.134. The highest BCUT2D eigenvalue weighted by Crippen LogP contribution is 1.81. The third-order valence-electron chi connectivity index (χ3n) is 0.465. The Morgan fingerprint density at radius 1 is 1.88 bits per heavy atom. The molecular formula is C5H8O2S. The van der Waals surface area contributed by atoms with Crippen LogP contribution in [-0.2, 0) is 9.53 Å². The minimum absolute atomic E-state index is 0.129. The summed E-state index contributed by atoms with van der Waals surface area (Å²) in [5.74, 6) is -0.198. The first kappa shape index (κ1) is 7.56. The molecule has 0 aliphatic heterocycles. The molecule has 0 unspecified atom stereocenters. The molecule has 2 nitrogen and oxygen atoms in total. The van der Waals surface area contributed by atoms with Gasteiger partial charge < -0.3 is 4.74 Å². The van der Waals surface area contributed by atoms with Gasteiger partial charge in [-0.05, 0) is 6.92 Å². The van der Waals surface area contributed by atoms with E-state index in [1.165, 1.54) is 6.26 Å². The van der Waals surface area contributed by atoms with Crippen LogP contribution in [-0.4, -0.2) is 11.7 Å². The molecule has 0 fully saturated rings. The molecule has 0 saturated heterocycles. The zero-order chi connectivity index (χ0) is 6.41. The van der Waals surface area contributed by atoms with Crippen LogP contribution >= 0.6 is 12.6 Å². The second-order valence-corrected chi connectivity index (χ2v) is 1.43. The van der Waals surface area contributed by atoms with E-state index in [1.807, 2.05) is 0 Å². The molecule has 0 N–H and O–H groups in total. The van der Waals surface area contributed by atoms with Crippen molar-refractivity contribution in [3.05, 3.63) is 12.3 Å². The summed E-state index contributed by atoms with van der Waals surface area (Å²) in [4.78, 5) is 10.2. The standard InChI is InChI=1S/C5H8O2S/c1-2-3-7-5(6)4-8/h2-3,8H,4H2,1H3/b3-2+. The minimum Gasteiger partial charge on any atom is -0.434 e. The molecule has 0 radical (unpaired) electrons. The predicted molar refractivity (Wildman–Crippen MR) is 34.8 cm³/mol. The largest absolute Gasteiger partial charge is 0.434 e. The van der Waals surface area contributed by atoms with Gasteiger partial charge >= 0.3 is 5.97 Å². The first-order chi connectivity index (χ1) is 3.81. The molecule has 0 saturated carbocycles. The Labute approximate surface area is 53.9 Å². The van der Waals surface area contributed by atoms with Crippen molar-refractivity contribution in [3.8, 4) is 0 Å². The molecule has 46 valence electrons. The molecule has 8 heavy (non-hydrogen) atoms. The van der Waals surface area contributed by atoms with Crippen LogP contribution in [0.5, 0.6) is 0 Å². The van der Waals surface area contributed by atoms with Crippen LogP contribution < -0.4 is 0 Å². The lowest BCUT2D eigenvalue weighted by Crippen LogP contribution is -1.99. The number of hydrogen-bond acceptors (Lipinski definition) is 3. The van der Waals surface area contributed by atoms with Gasteiger partial charge in [0.15, 0.2) is 0 Å². The summed E-state index contributed by atoms with van der Waals surface area (Å²) in [7, 11) is 0. The Morgan fingerprint density at radius 3 is 2.88 bits per heavy atom. The Balaban J connectivity index is 3.25. The van der Waals surface area contributed by atoms with Gasteiger partial charge in [0.2, 0.25) is 0 Å². The summed E-state index contributed by atoms with van der Waals surface area (Å²) in [6.07, 6.45) is 2.97. The maximum atomic E-state index is 10.2. The molecule has 0 aromatic carbocycles. The average Bonchev–Trinajstić information content (AvgIpc) is 1.83. The van der Waals surface area contributed by atoms with Gasteiger partial charge in [-0.1, -0.05) is 6.08 Å². The summed E-state index contributed by atoms with van der Waals surface area (Å²) >= 11 is 3.68. The van der Waals surface area contributed by atoms with E-state index in [0.717, 1.165) is 0 Å². The normalized spacial score (nSPS) is 9.75. The molecular weight excluding hydrogens is 124 g/mol. The lowest BCUT2D eigenvalue weighted by Gasteiger charge is -1.89. The average molecular weight is 132 g/mol. The molecule has 0 heterocycles. The Hall–Kier alpha value is -0.440. The molecule has 0 aromatic rings. The molecule has 0 aliphatic rings. The van der Waals surface area contributed by atoms with Crippen LogP contribution in [0, 0.1) is 0 Å². The molecule has 3 heteroatoms. The number of thiol groups is 1. The van der Waals surface area contributed by atoms with Gasteiger partial charge in [0.25, 0.3) is 0 Å². The van der Waals surface area contributed by atoms with Crippen molar-refractivity contribution >= 4 is 18.6 Å². The third-order valence-corrected chi connectivity index (χ3v) is 0.723. The number of hydrogen-bond donors (Lipinski definition) is 1. The lowest BCUT2D eigenvalue weighted by atomic mass is 10.7. The Kier molecular flexibility index (Phi) is 4.45. The number of allylic oxidation sites excluding steroid dienone is 1. The highest BCUT2D eigenvalue weighted by Gasteiger charge is 1.91. The second kappa shape index (κ2) is 4.71. The summed E-state index contributed by atoms with van der Waals surface area (Å²) < 4.78 is 4.44. The highest BCUT2D eigenvalue weighted by atomic mass is 32.1. The molecule has 0 aromatic heterocycles. The van der Waals surface area contributed by atoms with E-state index in [0.29, 0.717) is 0 Å². The molecule has 0 bridgehead atoms. The fraction of sp³-hybridized carbons (Fsp3) is 0.400. The fourth-order valence-corrected chi connectivity index (χ4v) is 0.256. The van der Waals surface area contributed by atoms with E-state index in [4.69, 9.17) is 0 Å². The number of rotatable bonds is 2. The van der Waals surface area contributed by atoms with Crippen molar-refractivity contribution in [3.63, 3.8) is 0 Å². The van der Waals surface area contributed by atoms with Crippen LogP contribution in [0.25, 0.3) is 0 Å². The first-order valence-electron chi connectivity index (χ1n) is 2.22. The smallest absolute Gasteiger partial charge is 0.320 e. The summed E-state index contributed by atoms with van der Waals surface area (Å²) in [6, 6.07) is 0. The summed E-state index contributed by atoms with van der Waals surface area (Å²) in [6.45, 7) is 1.77. The number of carbonyl (C=O) groups excluding carboxylic acids is 1. The quantitative estimate of drug-likeness (QED) is 0.344. The first-order valence-corrected chi connectivity index (χ1v) is 2.86. The van der Waals surface area contributed by atoms with Crippen LogP contribution in [0.4, 0.5) is 0 Å². The van der Waals surface area contributed by atoms with Gasteiger partial charge in [0.1, 0.15) is 0 Å². The Morgan fingerprint density at radius 2 is 2.50 bits per heavy atom. The zero-order valence-electron chi connectivity index (χ0n) is 4.63. The van der Waals surface area contributed by atoms with Crippen molar-refractivity contribution in [2.24, 2.45) is 0 Å². The van der Waals surface area contributed by atoms with Crippen molar-refractivity contribution < 1.29 is 9.53 Å². The van der Waals surface area contributed by atoms with E-state index < -0.39 is 0 Å². The van der Waals surface area contributed by atoms with E-state index >= 15 is 0 Å². The van der Waals surface area contributed by atoms with Gasteiger partial charge in [-0.3, -0.25) is 4.79 Å². The SMILES string of the molecule is C/C=C/OC(=O)CS. The monoisotopic (exact) mass is 132 g/mol. The van der Waals surface area contributed by atoms with Crippen molar-refractivity contribution in [2.75, 3.05) is 5.75 Å². The van der Waals surface area contributed by atoms with Gasteiger partial charge in [0.05, 0.1) is 12.0 Å². The van der Waals surface area contributed by atoms with Gasteiger partial charge in [-0.15, -0.1) is 0 Å². The van der Waals surface area contributed by atoms with Gasteiger partial charge in [0, 0.05) is 0 Å². The summed E-state index contributed by atoms with van der Waals surface area (Å²) in [5, 5.41) is 0. The fourth-order valence-electron chi connectivity index (χ4n) is 0.181. The maximum absolute atomic E-state index is 10.2. The third kappa shape index (κ3) is 3.74. The highest BCUT2D eigenvalue weighted by molar-refractivity contribution is 7.81. The van der Waals surface area contributed by atoms with Gasteiger partial charge in [-0.25, -0.2) is 0 Å². The zero-order valence-corrected chi connectivity index (χ0v) is 5.52. The van der Waals surface area contributed by atoms with E-state index in [2.05, 4.69) is 17.4 Å². The number of carbonyl (C=O) groups is 1. The molecule has 0 rings (SSSR count). The van der Waals surface area contributed by atoms with E-state index in [1.54, 1.807) is 13.0 Å². The minimum atomic E-state index is -0.327. The van der Waals surface area contributed by atoms with Crippen molar-refractivity contribution in [1.82, 2.24) is 0 Å². The second-order valence-electron chi connectivity index (χ2n) is 1.12. The van der Waals surface area contributed by atoms with Gasteiger partial charge in [-0.2, -0.15) is 12.6 Å². The Bertz CT molecular complexity index is 98.6. The molecule has 0 spiro atoms. The predicted octanol–water partition coefficient (Wildman–Crippen LogP) is 0.993. The van der Waals surface area contributed by atoms with E-state index in [9.17, 15) is 4.79 Å². The van der Waals surface area contributed by atoms with E-state index in [-0.39, 0.29) is 11.7 Å².